The normalized spacial score (nSPS) is 10.7. The minimum Gasteiger partial charge on any atom is -0.741 e. The van der Waals surface area contributed by atoms with Gasteiger partial charge in [-0.05, 0) is 133 Å². The Morgan fingerprint density at radius 2 is 0.351 bits per heavy atom. The van der Waals surface area contributed by atoms with Crippen LogP contribution in [0.3, 0.4) is 0 Å². The molecule has 0 bridgehead atoms. The molecule has 0 aliphatic carbocycles. The van der Waals surface area contributed by atoms with Gasteiger partial charge < -0.3 is 9.11 Å². The van der Waals surface area contributed by atoms with Gasteiger partial charge in [0, 0.05) is 0 Å². The van der Waals surface area contributed by atoms with Crippen molar-refractivity contribution in [1.29, 1.82) is 0 Å². The summed E-state index contributed by atoms with van der Waals surface area (Å²) in [5.74, 6) is 0. The molecule has 0 saturated heterocycles. The Hall–Kier alpha value is -4.34. The Labute approximate surface area is 880 Å². The average molecular weight is 2570 g/mol. The fraction of sp³-hybridized carbons (Fsp3) is 0.140. The predicted octanol–water partition coefficient (Wildman–Crippen LogP) is 27.0. The van der Waals surface area contributed by atoms with Gasteiger partial charge in [0.2, 0.25) is 0 Å². The van der Waals surface area contributed by atoms with Crippen LogP contribution in [0.2, 0.25) is 0 Å². The third-order valence-corrected chi connectivity index (χ3v) is 34.5. The Morgan fingerprint density at radius 3 is 0.478 bits per heavy atom. The first kappa shape index (κ1) is 124. The molecule has 0 N–H and O–H groups in total. The molecule has 34 heteroatoms. The molecule has 0 unspecified atom stereocenters. The van der Waals surface area contributed by atoms with Crippen LogP contribution in [-0.4, -0.2) is 93.6 Å². The van der Waals surface area contributed by atoms with E-state index in [1.165, 1.54) is 133 Å². The SMILES string of the molecule is ClCCl.ClCCl.ClCCl.ClCCl.ClCCl.ClCCl.O=S(=O)([O-])C(F)(F)F.O=S(=O)([O-])C(F)(F)F.[Pt+2].[Pt+2].[c-]1cc[c-]c2c(P(c3ccccc3)c3ccccc3)c3ccccc3c(P(c3ccccc3)c3ccccc3)c12.c1ccc(P(CCCP(c2ccccc2)c2ccccc2)c2ccccc2)cc1.c1ccc(P(CCCP(c2ccccc2)c2ccccc2)c2ccccc2)cc1. The number of rotatable bonds is 22. The Kier molecular flexibility index (Phi) is 65.7. The molecule has 15 rings (SSSR count). The van der Waals surface area contributed by atoms with E-state index in [1.54, 1.807) is 0 Å². The van der Waals surface area contributed by atoms with E-state index in [1.807, 2.05) is 12.1 Å². The first-order valence-corrected chi connectivity index (χ1v) is 57.6. The maximum absolute atomic E-state index is 10.7. The molecule has 15 aromatic carbocycles. The van der Waals surface area contributed by atoms with Gasteiger partial charge in [0.1, 0.15) is 0 Å². The van der Waals surface area contributed by atoms with Gasteiger partial charge in [0.05, 0.1) is 32.0 Å². The molecule has 0 aliphatic rings. The number of hydrogen-bond donors (Lipinski definition) is 0. The third kappa shape index (κ3) is 44.0. The second kappa shape index (κ2) is 71.2. The van der Waals surface area contributed by atoms with Crippen LogP contribution in [0.1, 0.15) is 12.8 Å². The van der Waals surface area contributed by atoms with Crippen LogP contribution in [-0.2, 0) is 62.4 Å². The van der Waals surface area contributed by atoms with Gasteiger partial charge in [0.15, 0.2) is 20.2 Å². The van der Waals surface area contributed by atoms with E-state index in [4.69, 9.17) is 165 Å². The van der Waals surface area contributed by atoms with E-state index in [-0.39, 0.29) is 106 Å². The molecule has 0 spiro atoms. The summed E-state index contributed by atoms with van der Waals surface area (Å²) < 4.78 is 118. The van der Waals surface area contributed by atoms with E-state index < -0.39 is 47.1 Å². The van der Waals surface area contributed by atoms with E-state index in [2.05, 4.69) is 400 Å². The molecular formula is C100H90Cl12F6O6P6Pt2S2. The number of alkyl halides is 18. The van der Waals surface area contributed by atoms with Crippen molar-refractivity contribution in [2.45, 2.75) is 23.9 Å². The van der Waals surface area contributed by atoms with Gasteiger partial charge in [-0.15, -0.1) is 150 Å². The largest absolute Gasteiger partial charge is 2.00 e. The molecule has 0 aliphatic heterocycles. The Bertz CT molecular complexity index is 4980. The zero-order valence-corrected chi connectivity index (χ0v) is 91.6. The van der Waals surface area contributed by atoms with Gasteiger partial charge in [-0.2, -0.15) is 26.3 Å². The van der Waals surface area contributed by atoms with E-state index >= 15 is 0 Å². The molecule has 0 saturated carbocycles. The predicted molar refractivity (Wildman–Crippen MR) is 572 cm³/mol. The van der Waals surface area contributed by atoms with Gasteiger partial charge in [-0.3, -0.25) is 0 Å². The van der Waals surface area contributed by atoms with Gasteiger partial charge >= 0.3 is 53.1 Å². The van der Waals surface area contributed by atoms with Crippen molar-refractivity contribution in [1.82, 2.24) is 0 Å². The number of fused-ring (bicyclic) bond motifs is 2. The second-order valence-corrected chi connectivity index (χ2v) is 47.3. The van der Waals surface area contributed by atoms with Gasteiger partial charge in [-0.1, -0.05) is 415 Å². The first-order valence-electron chi connectivity index (χ1n) is 39.6. The quantitative estimate of drug-likeness (QED) is 0.0127. The molecule has 714 valence electrons. The number of hydrogen-bond acceptors (Lipinski definition) is 6. The first-order chi connectivity index (χ1) is 63.7. The summed E-state index contributed by atoms with van der Waals surface area (Å²) in [7, 11) is -15.1. The molecule has 134 heavy (non-hydrogen) atoms. The van der Waals surface area contributed by atoms with Crippen LogP contribution in [0.5, 0.6) is 0 Å². The van der Waals surface area contributed by atoms with Crippen molar-refractivity contribution in [3.8, 4) is 0 Å². The minimum atomic E-state index is -6.09. The standard InChI is InChI=1S/C38H26P2.2C27H26P2.6CH2Cl2.2CHF3O3S.2Pt/c1-5-17-29(18-6-1)39(30-19-7-2-8-20-30)37-33-25-13-15-27-35(33)38(36-28-16-14-26-34(36)37)40(31-21-9-3-10-22-31)32-23-11-4-12-24-32;2*1-5-14-24(15-6-1)28(25-16-7-2-8-17-25)22-13-23-29(26-18-9-3-10-19-26)27-20-11-4-12-21-27;6*2-1-3;2*2-1(3,4)8(5,6)7;;/h1-25,27H;2*1-12,14-21H,13,22-23H2;6*1H2;2*(H,5,6,7);;/q-2;;;;;;;;;;;2*+2/p-2. The molecule has 0 aromatic heterocycles. The van der Waals surface area contributed by atoms with Crippen LogP contribution in [0, 0.1) is 12.1 Å². The molecular weight excluding hydrogens is 2480 g/mol. The van der Waals surface area contributed by atoms with Crippen LogP contribution in [0.25, 0.3) is 21.5 Å². The zero-order valence-electron chi connectivity index (χ0n) is 71.0. The monoisotopic (exact) mass is 2560 g/mol. The number of halogens is 18. The maximum atomic E-state index is 10.7. The van der Waals surface area contributed by atoms with Crippen molar-refractivity contribution < 1.29 is 94.4 Å². The van der Waals surface area contributed by atoms with Gasteiger partial charge in [-0.25, -0.2) is 51.9 Å². The fourth-order valence-corrected chi connectivity index (χ4v) is 27.9. The van der Waals surface area contributed by atoms with Crippen molar-refractivity contribution in [2.75, 3.05) is 56.7 Å². The van der Waals surface area contributed by atoms with Gasteiger partial charge in [0.25, 0.3) is 0 Å². The third-order valence-electron chi connectivity index (χ3n) is 17.8. The Balaban J connectivity index is 0.000000443. The number of benzene rings is 15. The van der Waals surface area contributed by atoms with E-state index in [0.717, 1.165) is 0 Å². The van der Waals surface area contributed by atoms with Crippen molar-refractivity contribution in [3.05, 3.63) is 413 Å². The fourth-order valence-electron chi connectivity index (χ4n) is 12.8. The van der Waals surface area contributed by atoms with Crippen molar-refractivity contribution >= 4 is 303 Å². The maximum Gasteiger partial charge on any atom is 2.00 e. The summed E-state index contributed by atoms with van der Waals surface area (Å²) in [5, 5.41) is 26.1. The summed E-state index contributed by atoms with van der Waals surface area (Å²) in [5.41, 5.74) is -11.3. The molecule has 0 heterocycles. The smallest absolute Gasteiger partial charge is 0.741 e. The summed E-state index contributed by atoms with van der Waals surface area (Å²) in [6.45, 7) is 0. The van der Waals surface area contributed by atoms with Crippen LogP contribution < -0.4 is 74.3 Å². The average Bonchev–Trinajstić information content (AvgIpc) is 0.723. The van der Waals surface area contributed by atoms with Crippen molar-refractivity contribution in [2.24, 2.45) is 0 Å². The van der Waals surface area contributed by atoms with Crippen molar-refractivity contribution in [3.63, 3.8) is 0 Å². The summed E-state index contributed by atoms with van der Waals surface area (Å²) in [6, 6.07) is 153. The summed E-state index contributed by atoms with van der Waals surface area (Å²) in [6.07, 6.45) is 7.43. The molecule has 6 nitrogen and oxygen atoms in total. The molecule has 15 aromatic rings. The topological polar surface area (TPSA) is 114 Å². The van der Waals surface area contributed by atoms with Crippen LogP contribution in [0.4, 0.5) is 26.3 Å². The van der Waals surface area contributed by atoms with Crippen LogP contribution in [0.15, 0.2) is 400 Å². The van der Waals surface area contributed by atoms with Crippen LogP contribution >= 0.6 is 187 Å². The summed E-state index contributed by atoms with van der Waals surface area (Å²) >= 11 is 57.2. The molecule has 0 atom stereocenters. The minimum absolute atomic E-state index is 0. The molecule has 0 amide bonds. The Morgan fingerprint density at radius 1 is 0.231 bits per heavy atom. The van der Waals surface area contributed by atoms with E-state index in [9.17, 15) is 26.3 Å². The molecule has 0 fully saturated rings. The zero-order chi connectivity index (χ0) is 96.4. The van der Waals surface area contributed by atoms with E-state index in [0.29, 0.717) is 0 Å². The summed E-state index contributed by atoms with van der Waals surface area (Å²) in [4.78, 5) is 0. The molecule has 0 radical (unpaired) electrons. The second-order valence-electron chi connectivity index (χ2n) is 26.0.